The third-order valence-electron chi connectivity index (χ3n) is 10.3. The Bertz CT molecular complexity index is 1690. The van der Waals surface area contributed by atoms with Crippen LogP contribution in [0.25, 0.3) is 34.4 Å². The standard InChI is InChI=1S/2C18H17.2CH3.2ClH.H3Si.Zr/c2*1-3-14-11-16-5-4-6-17(18(16)12-14)15-9-7-13(2)8-10-15;;;;;;/h2*4-12H,3H2,1-2H3;2*1H3;2*1H;1H3;/q;;;;;;;+2/p-2. The maximum absolute atomic E-state index is 8.69. The van der Waals surface area contributed by atoms with Gasteiger partial charge in [-0.2, -0.15) is 0 Å². The first-order chi connectivity index (χ1) is 19.6. The Kier molecular flexibility index (Phi) is 6.48. The van der Waals surface area contributed by atoms with Crippen molar-refractivity contribution in [3.05, 3.63) is 129 Å². The minimum absolute atomic E-state index is 0.0103. The molecule has 217 valence electrons. The van der Waals surface area contributed by atoms with Gasteiger partial charge in [0.1, 0.15) is 0 Å². The summed E-state index contributed by atoms with van der Waals surface area (Å²) >= 11 is -5.75. The van der Waals surface area contributed by atoms with Gasteiger partial charge in [0.25, 0.3) is 0 Å². The van der Waals surface area contributed by atoms with Gasteiger partial charge in [0.2, 0.25) is 0 Å². The van der Waals surface area contributed by atoms with Crippen LogP contribution in [0.4, 0.5) is 0 Å². The summed E-state index contributed by atoms with van der Waals surface area (Å²) in [6, 6.07) is 31.3. The van der Waals surface area contributed by atoms with E-state index in [4.69, 9.17) is 17.0 Å². The molecule has 0 fully saturated rings. The second-order valence-corrected chi connectivity index (χ2v) is 97.1. The molecule has 0 saturated heterocycles. The van der Waals surface area contributed by atoms with Crippen LogP contribution in [0.15, 0.2) is 96.1 Å². The third-order valence-corrected chi connectivity index (χ3v) is 38.0. The van der Waals surface area contributed by atoms with Crippen LogP contribution in [-0.4, -0.2) is 7.37 Å². The Balaban J connectivity index is 1.60. The van der Waals surface area contributed by atoms with Crippen molar-refractivity contribution in [2.45, 2.75) is 57.1 Å². The van der Waals surface area contributed by atoms with Crippen LogP contribution < -0.4 is 0 Å². The molecule has 2 aliphatic rings. The van der Waals surface area contributed by atoms with E-state index in [0.29, 0.717) is 7.37 Å². The zero-order valence-electron chi connectivity index (χ0n) is 26.1. The Morgan fingerprint density at radius 3 is 1.29 bits per heavy atom. The van der Waals surface area contributed by atoms with Crippen LogP contribution >= 0.6 is 17.0 Å². The van der Waals surface area contributed by atoms with Crippen molar-refractivity contribution >= 4 is 36.5 Å². The van der Waals surface area contributed by atoms with Crippen molar-refractivity contribution in [2.24, 2.45) is 0 Å². The molecule has 2 unspecified atom stereocenters. The summed E-state index contributed by atoms with van der Waals surface area (Å²) in [5.41, 5.74) is 15.6. The van der Waals surface area contributed by atoms with Gasteiger partial charge in [-0.25, -0.2) is 0 Å². The van der Waals surface area contributed by atoms with Crippen molar-refractivity contribution < 1.29 is 12.6 Å². The average molecular weight is 690 g/mol. The van der Waals surface area contributed by atoms with Gasteiger partial charge >= 0.3 is 258 Å². The summed E-state index contributed by atoms with van der Waals surface area (Å²) < 4.78 is 4.76. The molecule has 0 spiro atoms. The number of halogens is 2. The molecule has 2 aliphatic carbocycles. The van der Waals surface area contributed by atoms with E-state index in [1.165, 1.54) is 66.8 Å². The topological polar surface area (TPSA) is 0 Å². The predicted molar refractivity (Wildman–Crippen MR) is 189 cm³/mol. The molecule has 0 aliphatic heterocycles. The van der Waals surface area contributed by atoms with Crippen molar-refractivity contribution in [1.29, 1.82) is 0 Å². The van der Waals surface area contributed by atoms with E-state index in [9.17, 15) is 0 Å². The summed E-state index contributed by atoms with van der Waals surface area (Å²) in [5, 5.41) is 0. The normalized spacial score (nSPS) is 20.5. The van der Waals surface area contributed by atoms with Crippen LogP contribution in [0.2, 0.25) is 9.26 Å². The Hall–Kier alpha value is -1.96. The third kappa shape index (κ3) is 4.64. The molecule has 0 aromatic heterocycles. The Morgan fingerprint density at radius 1 is 0.595 bits per heavy atom. The summed E-state index contributed by atoms with van der Waals surface area (Å²) in [5.74, 6) is 0. The zero-order valence-corrected chi connectivity index (χ0v) is 32.0. The van der Waals surface area contributed by atoms with Gasteiger partial charge < -0.3 is 0 Å². The summed E-state index contributed by atoms with van der Waals surface area (Å²) in [6.07, 6.45) is 6.73. The molecule has 4 aromatic carbocycles. The van der Waals surface area contributed by atoms with Gasteiger partial charge in [0, 0.05) is 0 Å². The molecule has 4 aromatic rings. The number of rotatable bonds is 6. The van der Waals surface area contributed by atoms with Crippen molar-refractivity contribution in [3.8, 4) is 22.3 Å². The second-order valence-electron chi connectivity index (χ2n) is 15.4. The van der Waals surface area contributed by atoms with E-state index in [1.54, 1.807) is 0 Å². The van der Waals surface area contributed by atoms with E-state index < -0.39 is 12.6 Å². The van der Waals surface area contributed by atoms with E-state index in [-0.39, 0.29) is 7.25 Å². The average Bonchev–Trinajstić information content (AvgIpc) is 3.54. The number of hydrogen-bond donors (Lipinski definition) is 0. The van der Waals surface area contributed by atoms with Gasteiger partial charge in [0.05, 0.1) is 0 Å². The molecule has 0 amide bonds. The molecule has 0 nitrogen and oxygen atoms in total. The molecule has 0 heterocycles. The maximum atomic E-state index is 8.69. The first kappa shape index (κ1) is 30.1. The molecule has 6 rings (SSSR count). The molecule has 4 heteroatoms. The molecule has 0 bridgehead atoms. The van der Waals surface area contributed by atoms with E-state index in [2.05, 4.69) is 134 Å². The van der Waals surface area contributed by atoms with Gasteiger partial charge in [-0.1, -0.05) is 0 Å². The number of benzene rings is 4. The summed E-state index contributed by atoms with van der Waals surface area (Å²) in [4.78, 5) is 0. The van der Waals surface area contributed by atoms with Crippen molar-refractivity contribution in [1.82, 2.24) is 0 Å². The monoisotopic (exact) mass is 687 g/mol. The van der Waals surface area contributed by atoms with Crippen molar-refractivity contribution in [3.63, 3.8) is 0 Å². The second kappa shape index (κ2) is 9.04. The molecular formula is C38H43Cl2SiZr. The molecular weight excluding hydrogens is 647 g/mol. The number of allylic oxidation sites excluding steroid dienone is 2. The molecule has 2 atom stereocenters. The zero-order chi connectivity index (χ0) is 30.2. The van der Waals surface area contributed by atoms with Crippen LogP contribution in [0.5, 0.6) is 0 Å². The number of fused-ring (bicyclic) bond motifs is 2. The fraction of sp³-hybridized carbons (Fsp3) is 0.263. The molecule has 0 radical (unpaired) electrons. The summed E-state index contributed by atoms with van der Waals surface area (Å²) in [7, 11) is 18.1. The number of aryl methyl sites for hydroxylation is 2. The minimum atomic E-state index is -5.75. The van der Waals surface area contributed by atoms with E-state index in [1.807, 2.05) is 0 Å². The van der Waals surface area contributed by atoms with Crippen molar-refractivity contribution in [2.75, 3.05) is 0 Å². The van der Waals surface area contributed by atoms with Gasteiger partial charge in [0.15, 0.2) is 0 Å². The number of hydrogen-bond acceptors (Lipinski definition) is 0. The Labute approximate surface area is 255 Å². The van der Waals surface area contributed by atoms with Crippen LogP contribution in [-0.2, 0) is 12.6 Å². The van der Waals surface area contributed by atoms with Gasteiger partial charge in [-0.3, -0.25) is 0 Å². The van der Waals surface area contributed by atoms with Crippen LogP contribution in [0.1, 0.15) is 67.3 Å². The first-order valence-electron chi connectivity index (χ1n) is 15.5. The molecule has 0 N–H and O–H groups in total. The quantitative estimate of drug-likeness (QED) is 0.177. The first-order valence-corrected chi connectivity index (χ1v) is 38.0. The predicted octanol–water partition coefficient (Wildman–Crippen LogP) is 11.5. The molecule has 0 saturated carbocycles. The van der Waals surface area contributed by atoms with Gasteiger partial charge in [-0.05, 0) is 0 Å². The van der Waals surface area contributed by atoms with E-state index in [0.717, 1.165) is 12.8 Å². The fourth-order valence-electron chi connectivity index (χ4n) is 8.63. The fourth-order valence-corrected chi connectivity index (χ4v) is 40.8. The van der Waals surface area contributed by atoms with Gasteiger partial charge in [-0.15, -0.1) is 0 Å². The van der Waals surface area contributed by atoms with Crippen LogP contribution in [0, 0.1) is 13.8 Å². The molecule has 42 heavy (non-hydrogen) atoms. The van der Waals surface area contributed by atoms with Crippen LogP contribution in [0.3, 0.4) is 0 Å². The summed E-state index contributed by atoms with van der Waals surface area (Å²) in [6.45, 7) is 8.83. The SMILES string of the molecule is CCC1=Cc2c(-c3ccc(C)cc3)cccc2[CH]1[Zr]([CH3])([CH3])([SiH3])([Cl])([Cl])[CH]1C(CC)=Cc2c(-c3ccc(C)cc3)cccc21. The Morgan fingerprint density at radius 2 is 0.952 bits per heavy atom. The van der Waals surface area contributed by atoms with E-state index >= 15 is 0 Å².